The van der Waals surface area contributed by atoms with E-state index < -0.39 is 0 Å². The summed E-state index contributed by atoms with van der Waals surface area (Å²) in [4.78, 5) is 17.3. The van der Waals surface area contributed by atoms with Gasteiger partial charge in [-0.25, -0.2) is 0 Å². The van der Waals surface area contributed by atoms with Crippen LogP contribution in [-0.4, -0.2) is 47.4 Å². The van der Waals surface area contributed by atoms with Crippen molar-refractivity contribution in [2.75, 3.05) is 48.0 Å². The highest BCUT2D eigenvalue weighted by Crippen LogP contribution is 2.22. The molecule has 1 saturated heterocycles. The van der Waals surface area contributed by atoms with Crippen LogP contribution in [0, 0.1) is 6.92 Å². The average molecular weight is 408 g/mol. The van der Waals surface area contributed by atoms with Gasteiger partial charge in [-0.05, 0) is 49.6 Å². The second kappa shape index (κ2) is 9.11. The molecule has 1 aromatic heterocycles. The van der Waals surface area contributed by atoms with Gasteiger partial charge in [-0.3, -0.25) is 0 Å². The Labute approximate surface area is 175 Å². The maximum Gasteiger partial charge on any atom is 0.233 e. The van der Waals surface area contributed by atoms with E-state index in [1.54, 1.807) is 11.8 Å². The van der Waals surface area contributed by atoms with Gasteiger partial charge in [-0.2, -0.15) is 15.0 Å². The van der Waals surface area contributed by atoms with Gasteiger partial charge in [0.25, 0.3) is 0 Å². The van der Waals surface area contributed by atoms with E-state index in [-0.39, 0.29) is 0 Å². The van der Waals surface area contributed by atoms with Crippen molar-refractivity contribution < 1.29 is 0 Å². The van der Waals surface area contributed by atoms with Gasteiger partial charge in [-0.15, -0.1) is 11.8 Å². The van der Waals surface area contributed by atoms with Crippen molar-refractivity contribution in [2.24, 2.45) is 0 Å². The summed E-state index contributed by atoms with van der Waals surface area (Å²) in [5.74, 6) is 1.74. The number of hydrogen-bond acceptors (Lipinski definition) is 8. The summed E-state index contributed by atoms with van der Waals surface area (Å²) in [6.07, 6.45) is 2.07. The number of nitrogens with one attached hydrogen (secondary N) is 3. The molecule has 0 unspecified atom stereocenters. The van der Waals surface area contributed by atoms with Gasteiger partial charge in [0.2, 0.25) is 17.8 Å². The molecular formula is C21H25N7S. The molecule has 4 rings (SSSR count). The van der Waals surface area contributed by atoms with Crippen LogP contribution in [0.15, 0.2) is 53.4 Å². The third-order valence-corrected chi connectivity index (χ3v) is 5.42. The Morgan fingerprint density at radius 2 is 1.38 bits per heavy atom. The van der Waals surface area contributed by atoms with Crippen LogP contribution in [0.1, 0.15) is 5.56 Å². The van der Waals surface area contributed by atoms with E-state index in [0.717, 1.165) is 37.6 Å². The zero-order valence-corrected chi connectivity index (χ0v) is 17.5. The Kier molecular flexibility index (Phi) is 6.12. The third-order valence-electron chi connectivity index (χ3n) is 4.68. The SMILES string of the molecule is CSc1ccc(Nc2nc(Nc3ccc(C)cc3)nc(N3CCNCC3)n2)cc1. The third kappa shape index (κ3) is 5.16. The molecule has 2 aromatic carbocycles. The van der Waals surface area contributed by atoms with Crippen LogP contribution in [0.4, 0.5) is 29.2 Å². The average Bonchev–Trinajstić information content (AvgIpc) is 2.76. The summed E-state index contributed by atoms with van der Waals surface area (Å²) in [6.45, 7) is 5.65. The molecule has 29 heavy (non-hydrogen) atoms. The topological polar surface area (TPSA) is 78.0 Å². The van der Waals surface area contributed by atoms with Crippen molar-refractivity contribution >= 4 is 41.0 Å². The maximum absolute atomic E-state index is 4.67. The second-order valence-corrected chi connectivity index (χ2v) is 7.74. The summed E-state index contributed by atoms with van der Waals surface area (Å²) in [5, 5.41) is 9.99. The van der Waals surface area contributed by atoms with E-state index in [0.29, 0.717) is 17.8 Å². The van der Waals surface area contributed by atoms with E-state index in [9.17, 15) is 0 Å². The number of aryl methyl sites for hydroxylation is 1. The van der Waals surface area contributed by atoms with Gasteiger partial charge in [0.05, 0.1) is 0 Å². The first-order valence-electron chi connectivity index (χ1n) is 9.66. The minimum atomic E-state index is 0.528. The number of piperazine rings is 1. The smallest absolute Gasteiger partial charge is 0.233 e. The van der Waals surface area contributed by atoms with E-state index in [1.165, 1.54) is 10.5 Å². The largest absolute Gasteiger partial charge is 0.338 e. The number of benzene rings is 2. The highest BCUT2D eigenvalue weighted by Gasteiger charge is 2.16. The summed E-state index contributed by atoms with van der Waals surface area (Å²) >= 11 is 1.72. The van der Waals surface area contributed by atoms with Crippen LogP contribution < -0.4 is 20.9 Å². The molecule has 1 aliphatic rings. The number of aromatic nitrogens is 3. The molecule has 0 amide bonds. The Morgan fingerprint density at radius 3 is 1.93 bits per heavy atom. The van der Waals surface area contributed by atoms with Gasteiger partial charge in [0.1, 0.15) is 0 Å². The van der Waals surface area contributed by atoms with Crippen LogP contribution >= 0.6 is 11.8 Å². The Hall–Kier alpha value is -2.84. The molecule has 3 aromatic rings. The Balaban J connectivity index is 1.61. The molecule has 0 atom stereocenters. The van der Waals surface area contributed by atoms with Crippen LogP contribution in [0.2, 0.25) is 0 Å². The van der Waals surface area contributed by atoms with Crippen LogP contribution in [0.3, 0.4) is 0 Å². The molecule has 7 nitrogen and oxygen atoms in total. The second-order valence-electron chi connectivity index (χ2n) is 6.86. The first-order valence-corrected chi connectivity index (χ1v) is 10.9. The minimum Gasteiger partial charge on any atom is -0.338 e. The summed E-state index contributed by atoms with van der Waals surface area (Å²) in [5.41, 5.74) is 3.11. The lowest BCUT2D eigenvalue weighted by Crippen LogP contribution is -2.44. The first-order chi connectivity index (χ1) is 14.2. The molecular weight excluding hydrogens is 382 g/mol. The lowest BCUT2D eigenvalue weighted by Gasteiger charge is -2.27. The Bertz CT molecular complexity index is 938. The van der Waals surface area contributed by atoms with Crippen molar-refractivity contribution in [2.45, 2.75) is 11.8 Å². The number of rotatable bonds is 6. The van der Waals surface area contributed by atoms with Crippen LogP contribution in [0.5, 0.6) is 0 Å². The van der Waals surface area contributed by atoms with Gasteiger partial charge in [0, 0.05) is 42.4 Å². The molecule has 2 heterocycles. The van der Waals surface area contributed by atoms with E-state index in [1.807, 2.05) is 24.3 Å². The number of nitrogens with zero attached hydrogens (tertiary/aromatic N) is 4. The monoisotopic (exact) mass is 407 g/mol. The molecule has 0 spiro atoms. The molecule has 0 radical (unpaired) electrons. The molecule has 3 N–H and O–H groups in total. The lowest BCUT2D eigenvalue weighted by atomic mass is 10.2. The molecule has 0 aliphatic carbocycles. The standard InChI is InChI=1S/C21H25N7S/c1-15-3-5-16(6-4-15)23-19-25-20(24-17-7-9-18(29-2)10-8-17)27-21(26-19)28-13-11-22-12-14-28/h3-10,22H,11-14H2,1-2H3,(H2,23,24,25,26,27). The number of anilines is 5. The zero-order chi connectivity index (χ0) is 20.1. The molecule has 1 fully saturated rings. The summed E-state index contributed by atoms with van der Waals surface area (Å²) < 4.78 is 0. The lowest BCUT2D eigenvalue weighted by molar-refractivity contribution is 0.579. The van der Waals surface area contributed by atoms with Gasteiger partial charge >= 0.3 is 0 Å². The summed E-state index contributed by atoms with van der Waals surface area (Å²) in [7, 11) is 0. The molecule has 150 valence electrons. The van der Waals surface area contributed by atoms with E-state index in [4.69, 9.17) is 0 Å². The summed E-state index contributed by atoms with van der Waals surface area (Å²) in [6, 6.07) is 16.4. The molecule has 8 heteroatoms. The van der Waals surface area contributed by atoms with Crippen molar-refractivity contribution in [1.82, 2.24) is 20.3 Å². The fourth-order valence-electron chi connectivity index (χ4n) is 3.05. The molecule has 1 aliphatic heterocycles. The maximum atomic E-state index is 4.67. The van der Waals surface area contributed by atoms with Crippen molar-refractivity contribution in [3.05, 3.63) is 54.1 Å². The van der Waals surface area contributed by atoms with Gasteiger partial charge < -0.3 is 20.9 Å². The first kappa shape index (κ1) is 19.5. The molecule has 0 saturated carbocycles. The highest BCUT2D eigenvalue weighted by atomic mass is 32.2. The van der Waals surface area contributed by atoms with Crippen molar-refractivity contribution in [1.29, 1.82) is 0 Å². The Morgan fingerprint density at radius 1 is 0.828 bits per heavy atom. The van der Waals surface area contributed by atoms with E-state index >= 15 is 0 Å². The quantitative estimate of drug-likeness (QED) is 0.533. The highest BCUT2D eigenvalue weighted by molar-refractivity contribution is 7.98. The van der Waals surface area contributed by atoms with Crippen LogP contribution in [-0.2, 0) is 0 Å². The number of hydrogen-bond donors (Lipinski definition) is 3. The van der Waals surface area contributed by atoms with Crippen molar-refractivity contribution in [3.8, 4) is 0 Å². The van der Waals surface area contributed by atoms with Gasteiger partial charge in [0.15, 0.2) is 0 Å². The fraction of sp³-hybridized carbons (Fsp3) is 0.286. The number of thioether (sulfide) groups is 1. The fourth-order valence-corrected chi connectivity index (χ4v) is 3.46. The minimum absolute atomic E-state index is 0.528. The van der Waals surface area contributed by atoms with Gasteiger partial charge in [-0.1, -0.05) is 17.7 Å². The predicted molar refractivity (Wildman–Crippen MR) is 121 cm³/mol. The predicted octanol–water partition coefficient (Wildman–Crippen LogP) is 3.80. The van der Waals surface area contributed by atoms with E-state index in [2.05, 4.69) is 73.2 Å². The zero-order valence-electron chi connectivity index (χ0n) is 16.6. The van der Waals surface area contributed by atoms with Crippen molar-refractivity contribution in [3.63, 3.8) is 0 Å². The molecule has 0 bridgehead atoms. The normalized spacial score (nSPS) is 13.9. The van der Waals surface area contributed by atoms with Crippen LogP contribution in [0.25, 0.3) is 0 Å².